The van der Waals surface area contributed by atoms with Gasteiger partial charge in [0.15, 0.2) is 6.04 Å². The van der Waals surface area contributed by atoms with E-state index in [0.29, 0.717) is 4.48 Å². The van der Waals surface area contributed by atoms with E-state index in [1.807, 2.05) is 6.92 Å². The molecule has 0 aromatic heterocycles. The fraction of sp³-hybridized carbons (Fsp3) is 0.955. The van der Waals surface area contributed by atoms with Crippen molar-refractivity contribution in [2.75, 3.05) is 27.7 Å². The smallest absolute Gasteiger partial charge is 0.278 e. The maximum Gasteiger partial charge on any atom is 0.278 e. The maximum absolute atomic E-state index is 12.0. The Morgan fingerprint density at radius 1 is 0.720 bits per heavy atom. The third kappa shape index (κ3) is 15.4. The van der Waals surface area contributed by atoms with Crippen molar-refractivity contribution in [1.29, 1.82) is 0 Å². The van der Waals surface area contributed by atoms with Crippen LogP contribution < -0.4 is 5.32 Å². The van der Waals surface area contributed by atoms with Crippen LogP contribution in [0.25, 0.3) is 0 Å². The zero-order valence-electron chi connectivity index (χ0n) is 18.0. The van der Waals surface area contributed by atoms with Crippen molar-refractivity contribution in [3.05, 3.63) is 0 Å². The zero-order chi connectivity index (χ0) is 19.0. The highest BCUT2D eigenvalue weighted by atomic mass is 16.2. The Morgan fingerprint density at radius 2 is 1.08 bits per heavy atom. The second-order valence-electron chi connectivity index (χ2n) is 8.68. The van der Waals surface area contributed by atoms with Gasteiger partial charge in [0.05, 0.1) is 21.1 Å². The first-order chi connectivity index (χ1) is 11.9. The topological polar surface area (TPSA) is 29.1 Å². The number of likely N-dealkylation sites (N-methyl/N-ethyl adjacent to an activating group) is 1. The summed E-state index contributed by atoms with van der Waals surface area (Å²) in [6.07, 6.45) is 19.2. The van der Waals surface area contributed by atoms with Gasteiger partial charge in [-0.05, 0) is 13.3 Å². The molecule has 0 rings (SSSR count). The molecule has 0 aliphatic heterocycles. The molecule has 0 fully saturated rings. The lowest BCUT2D eigenvalue weighted by Gasteiger charge is -2.30. The number of quaternary nitrogens is 1. The minimum atomic E-state index is 0.0200. The fourth-order valence-electron chi connectivity index (χ4n) is 3.03. The standard InChI is InChI=1S/C22H46N2O/c1-6-7-8-9-10-11-12-13-14-15-16-17-18-19-20-23-22(25)21(2)24(3,4)5/h21H,6-20H2,1-5H3/p+1/t21-/m0/s1. The van der Waals surface area contributed by atoms with Crippen LogP contribution in [0, 0.1) is 0 Å². The van der Waals surface area contributed by atoms with Crippen molar-refractivity contribution in [1.82, 2.24) is 5.32 Å². The summed E-state index contributed by atoms with van der Waals surface area (Å²) < 4.78 is 0.685. The molecule has 0 aliphatic carbocycles. The SMILES string of the molecule is CCCCCCCCCCCCCCCCNC(=O)[C@H](C)[N+](C)(C)C. The van der Waals surface area contributed by atoms with Crippen LogP contribution in [0.5, 0.6) is 0 Å². The molecule has 0 heterocycles. The van der Waals surface area contributed by atoms with Crippen LogP contribution in [0.2, 0.25) is 0 Å². The first-order valence-electron chi connectivity index (χ1n) is 11.0. The highest BCUT2D eigenvalue weighted by Gasteiger charge is 2.25. The van der Waals surface area contributed by atoms with Gasteiger partial charge < -0.3 is 9.80 Å². The number of rotatable bonds is 17. The average Bonchev–Trinajstić information content (AvgIpc) is 2.56. The summed E-state index contributed by atoms with van der Waals surface area (Å²) in [7, 11) is 6.20. The molecule has 25 heavy (non-hydrogen) atoms. The van der Waals surface area contributed by atoms with Crippen LogP contribution >= 0.6 is 0 Å². The van der Waals surface area contributed by atoms with Crippen molar-refractivity contribution >= 4 is 5.91 Å². The lowest BCUT2D eigenvalue weighted by molar-refractivity contribution is -0.884. The van der Waals surface area contributed by atoms with Gasteiger partial charge in [0.25, 0.3) is 5.91 Å². The van der Waals surface area contributed by atoms with E-state index in [2.05, 4.69) is 33.4 Å². The van der Waals surface area contributed by atoms with E-state index in [1.54, 1.807) is 0 Å². The number of nitrogens with zero attached hydrogens (tertiary/aromatic N) is 1. The summed E-state index contributed by atoms with van der Waals surface area (Å²) in [6, 6.07) is 0.0200. The van der Waals surface area contributed by atoms with E-state index in [1.165, 1.54) is 83.5 Å². The van der Waals surface area contributed by atoms with Crippen LogP contribution in [0.1, 0.15) is 104 Å². The van der Waals surface area contributed by atoms with Gasteiger partial charge in [-0.25, -0.2) is 0 Å². The Morgan fingerprint density at radius 3 is 1.44 bits per heavy atom. The molecule has 0 saturated heterocycles. The van der Waals surface area contributed by atoms with Crippen molar-refractivity contribution in [2.45, 2.75) is 110 Å². The van der Waals surface area contributed by atoms with Crippen molar-refractivity contribution in [2.24, 2.45) is 0 Å². The monoisotopic (exact) mass is 355 g/mol. The third-order valence-electron chi connectivity index (χ3n) is 5.37. The second kappa shape index (κ2) is 15.7. The summed E-state index contributed by atoms with van der Waals surface area (Å²) in [4.78, 5) is 12.0. The normalized spacial score (nSPS) is 13.0. The van der Waals surface area contributed by atoms with Gasteiger partial charge in [-0.3, -0.25) is 4.79 Å². The van der Waals surface area contributed by atoms with Crippen molar-refractivity contribution < 1.29 is 9.28 Å². The molecule has 3 heteroatoms. The molecule has 0 aromatic carbocycles. The molecule has 150 valence electrons. The number of amides is 1. The van der Waals surface area contributed by atoms with Crippen LogP contribution in [-0.4, -0.2) is 44.1 Å². The molecule has 0 unspecified atom stereocenters. The van der Waals surface area contributed by atoms with Crippen LogP contribution in [0.4, 0.5) is 0 Å². The maximum atomic E-state index is 12.0. The molecule has 0 bridgehead atoms. The molecule has 0 spiro atoms. The van der Waals surface area contributed by atoms with Crippen LogP contribution in [-0.2, 0) is 4.79 Å². The van der Waals surface area contributed by atoms with Gasteiger partial charge in [0, 0.05) is 6.54 Å². The summed E-state index contributed by atoms with van der Waals surface area (Å²) in [6.45, 7) is 5.12. The first-order valence-corrected chi connectivity index (χ1v) is 11.0. The molecular formula is C22H47N2O+. The number of nitrogens with one attached hydrogen (secondary N) is 1. The van der Waals surface area contributed by atoms with Crippen molar-refractivity contribution in [3.8, 4) is 0 Å². The molecule has 3 nitrogen and oxygen atoms in total. The fourth-order valence-corrected chi connectivity index (χ4v) is 3.03. The predicted molar refractivity (Wildman–Crippen MR) is 111 cm³/mol. The summed E-state index contributed by atoms with van der Waals surface area (Å²) >= 11 is 0. The number of hydrogen-bond donors (Lipinski definition) is 1. The van der Waals surface area contributed by atoms with E-state index in [4.69, 9.17) is 0 Å². The Hall–Kier alpha value is -0.570. The third-order valence-corrected chi connectivity index (χ3v) is 5.37. The highest BCUT2D eigenvalue weighted by Crippen LogP contribution is 2.12. The molecule has 1 N–H and O–H groups in total. The molecular weight excluding hydrogens is 308 g/mol. The van der Waals surface area contributed by atoms with Crippen LogP contribution in [0.3, 0.4) is 0 Å². The molecule has 0 aromatic rings. The summed E-state index contributed by atoms with van der Waals surface area (Å²) in [5.74, 6) is 0.183. The average molecular weight is 356 g/mol. The van der Waals surface area contributed by atoms with E-state index in [0.717, 1.165) is 13.0 Å². The molecule has 0 radical (unpaired) electrons. The minimum absolute atomic E-state index is 0.0200. The minimum Gasteiger partial charge on any atom is -0.351 e. The quantitative estimate of drug-likeness (QED) is 0.264. The molecule has 1 atom stereocenters. The predicted octanol–water partition coefficient (Wildman–Crippen LogP) is 5.68. The molecule has 0 aliphatic rings. The van der Waals surface area contributed by atoms with Gasteiger partial charge in [0.2, 0.25) is 0 Å². The highest BCUT2D eigenvalue weighted by molar-refractivity contribution is 5.80. The van der Waals surface area contributed by atoms with E-state index < -0.39 is 0 Å². The lowest BCUT2D eigenvalue weighted by atomic mass is 10.0. The van der Waals surface area contributed by atoms with Gasteiger partial charge in [0.1, 0.15) is 0 Å². The lowest BCUT2D eigenvalue weighted by Crippen LogP contribution is -2.52. The Bertz CT molecular complexity index is 310. The Kier molecular flexibility index (Phi) is 15.3. The van der Waals surface area contributed by atoms with Gasteiger partial charge in [-0.2, -0.15) is 0 Å². The van der Waals surface area contributed by atoms with Crippen LogP contribution in [0.15, 0.2) is 0 Å². The second-order valence-corrected chi connectivity index (χ2v) is 8.68. The van der Waals surface area contributed by atoms with E-state index >= 15 is 0 Å². The van der Waals surface area contributed by atoms with Gasteiger partial charge in [-0.15, -0.1) is 0 Å². The Labute approximate surface area is 158 Å². The molecule has 0 saturated carbocycles. The number of unbranched alkanes of at least 4 members (excludes halogenated alkanes) is 13. The van der Waals surface area contributed by atoms with Crippen molar-refractivity contribution in [3.63, 3.8) is 0 Å². The Balaban J connectivity index is 3.25. The molecule has 1 amide bonds. The zero-order valence-corrected chi connectivity index (χ0v) is 18.0. The summed E-state index contributed by atoms with van der Waals surface area (Å²) in [5.41, 5.74) is 0. The largest absolute Gasteiger partial charge is 0.351 e. The van der Waals surface area contributed by atoms with Gasteiger partial charge in [-0.1, -0.05) is 90.4 Å². The number of carbonyl (C=O) groups excluding carboxylic acids is 1. The number of carbonyl (C=O) groups is 1. The van der Waals surface area contributed by atoms with Gasteiger partial charge >= 0.3 is 0 Å². The summed E-state index contributed by atoms with van der Waals surface area (Å²) in [5, 5.41) is 3.08. The van der Waals surface area contributed by atoms with E-state index in [9.17, 15) is 4.79 Å². The van der Waals surface area contributed by atoms with E-state index in [-0.39, 0.29) is 11.9 Å². The number of hydrogen-bond acceptors (Lipinski definition) is 1. The first kappa shape index (κ1) is 24.4.